The molecule has 0 spiro atoms. The molecule has 2 aromatic carbocycles. The van der Waals surface area contributed by atoms with Crippen molar-refractivity contribution in [2.24, 2.45) is 0 Å². The van der Waals surface area contributed by atoms with Gasteiger partial charge in [0.15, 0.2) is 0 Å². The Balaban J connectivity index is 1.74. The van der Waals surface area contributed by atoms with Crippen molar-refractivity contribution in [3.8, 4) is 0 Å². The highest BCUT2D eigenvalue weighted by Crippen LogP contribution is 2.14. The van der Waals surface area contributed by atoms with E-state index in [1.54, 1.807) is 62.8 Å². The maximum absolute atomic E-state index is 12.3. The summed E-state index contributed by atoms with van der Waals surface area (Å²) in [6.45, 7) is 2.12. The second kappa shape index (κ2) is 16.8. The summed E-state index contributed by atoms with van der Waals surface area (Å²) in [4.78, 5) is 49.1. The van der Waals surface area contributed by atoms with Gasteiger partial charge in [-0.15, -0.1) is 0 Å². The van der Waals surface area contributed by atoms with Crippen LogP contribution < -0.4 is 21.3 Å². The largest absolute Gasteiger partial charge is 0.385 e. The summed E-state index contributed by atoms with van der Waals surface area (Å²) >= 11 is 0. The second-order valence-corrected chi connectivity index (χ2v) is 8.32. The van der Waals surface area contributed by atoms with Crippen molar-refractivity contribution in [2.45, 2.75) is 32.1 Å². The van der Waals surface area contributed by atoms with Gasteiger partial charge in [-0.1, -0.05) is 12.1 Å². The number of hydrogen-bond donors (Lipinski definition) is 4. The number of carbonyl (C=O) groups excluding carboxylic acids is 4. The lowest BCUT2D eigenvalue weighted by Crippen LogP contribution is -2.25. The smallest absolute Gasteiger partial charge is 0.251 e. The normalized spacial score (nSPS) is 10.4. The van der Waals surface area contributed by atoms with E-state index < -0.39 is 0 Å². The topological polar surface area (TPSA) is 135 Å². The molecule has 2 aromatic rings. The van der Waals surface area contributed by atoms with E-state index in [2.05, 4.69) is 21.3 Å². The average Bonchev–Trinajstić information content (AvgIpc) is 2.89. The zero-order valence-corrected chi connectivity index (χ0v) is 21.4. The highest BCUT2D eigenvalue weighted by Gasteiger charge is 2.10. The number of anilines is 2. The highest BCUT2D eigenvalue weighted by atomic mass is 16.5. The number of methoxy groups -OCH3 is 2. The summed E-state index contributed by atoms with van der Waals surface area (Å²) < 4.78 is 9.92. The lowest BCUT2D eigenvalue weighted by atomic mass is 10.1. The summed E-state index contributed by atoms with van der Waals surface area (Å²) in [5.74, 6) is -0.955. The van der Waals surface area contributed by atoms with Gasteiger partial charge in [-0.25, -0.2) is 0 Å². The second-order valence-electron chi connectivity index (χ2n) is 8.32. The number of benzene rings is 2. The van der Waals surface area contributed by atoms with Gasteiger partial charge < -0.3 is 30.7 Å². The Hall–Kier alpha value is -3.76. The third-order valence-corrected chi connectivity index (χ3v) is 5.25. The average molecular weight is 513 g/mol. The Bertz CT molecular complexity index is 962. The van der Waals surface area contributed by atoms with Crippen molar-refractivity contribution in [2.75, 3.05) is 51.2 Å². The summed E-state index contributed by atoms with van der Waals surface area (Å²) in [7, 11) is 3.21. The van der Waals surface area contributed by atoms with Crippen LogP contribution in [0.5, 0.6) is 0 Å². The fourth-order valence-electron chi connectivity index (χ4n) is 3.37. The van der Waals surface area contributed by atoms with Crippen molar-refractivity contribution in [3.63, 3.8) is 0 Å². The predicted octanol–water partition coefficient (Wildman–Crippen LogP) is 2.97. The molecule has 0 saturated carbocycles. The summed E-state index contributed by atoms with van der Waals surface area (Å²) in [6, 6.07) is 13.4. The third-order valence-electron chi connectivity index (χ3n) is 5.25. The molecule has 0 fully saturated rings. The Morgan fingerprint density at radius 2 is 1.08 bits per heavy atom. The first-order valence-electron chi connectivity index (χ1n) is 12.3. The number of rotatable bonds is 16. The van der Waals surface area contributed by atoms with Gasteiger partial charge in [-0.2, -0.15) is 0 Å². The van der Waals surface area contributed by atoms with Gasteiger partial charge in [0.25, 0.3) is 11.8 Å². The van der Waals surface area contributed by atoms with E-state index in [-0.39, 0.29) is 36.5 Å². The van der Waals surface area contributed by atoms with Crippen molar-refractivity contribution >= 4 is 35.0 Å². The van der Waals surface area contributed by atoms with Crippen LogP contribution in [0.2, 0.25) is 0 Å². The van der Waals surface area contributed by atoms with E-state index in [4.69, 9.17) is 9.47 Å². The van der Waals surface area contributed by atoms with Crippen LogP contribution in [-0.4, -0.2) is 64.2 Å². The molecule has 0 aliphatic rings. The first-order valence-corrected chi connectivity index (χ1v) is 12.3. The molecule has 10 nitrogen and oxygen atoms in total. The van der Waals surface area contributed by atoms with E-state index in [1.807, 2.05) is 0 Å². The Labute approximate surface area is 217 Å². The Kier molecular flexibility index (Phi) is 13.4. The molecular weight excluding hydrogens is 476 g/mol. The monoisotopic (exact) mass is 512 g/mol. The zero-order chi connectivity index (χ0) is 26.9. The number of ether oxygens (including phenoxy) is 2. The molecular formula is C27H36N4O6. The lowest BCUT2D eigenvalue weighted by molar-refractivity contribution is -0.117. The van der Waals surface area contributed by atoms with Gasteiger partial charge in [0, 0.05) is 75.9 Å². The molecule has 0 aliphatic carbocycles. The first-order chi connectivity index (χ1) is 17.9. The molecule has 4 N–H and O–H groups in total. The molecule has 0 saturated heterocycles. The van der Waals surface area contributed by atoms with Crippen molar-refractivity contribution in [1.29, 1.82) is 0 Å². The number of nitrogens with one attached hydrogen (secondary N) is 4. The molecule has 0 atom stereocenters. The molecule has 0 aliphatic heterocycles. The van der Waals surface area contributed by atoms with Gasteiger partial charge in [0.2, 0.25) is 11.8 Å². The maximum atomic E-state index is 12.3. The van der Waals surface area contributed by atoms with Gasteiger partial charge in [0.05, 0.1) is 0 Å². The molecule has 0 radical (unpaired) electrons. The lowest BCUT2D eigenvalue weighted by Gasteiger charge is -2.09. The third kappa shape index (κ3) is 11.7. The standard InChI is InChI=1S/C27H36N4O6/c1-36-16-6-14-28-26(34)20-8-3-10-22(18-20)30-24(32)12-5-13-25(33)31-23-11-4-9-21(19-23)27(35)29-15-7-17-37-2/h3-4,8-11,18-19H,5-7,12-17H2,1-2H3,(H,28,34)(H,29,35)(H,30,32)(H,31,33). The number of amides is 4. The minimum absolute atomic E-state index is 0.144. The number of hydrogen-bond acceptors (Lipinski definition) is 6. The van der Waals surface area contributed by atoms with Crippen LogP contribution in [0.15, 0.2) is 48.5 Å². The molecule has 10 heteroatoms. The molecule has 4 amide bonds. The van der Waals surface area contributed by atoms with Crippen LogP contribution >= 0.6 is 0 Å². The van der Waals surface area contributed by atoms with Crippen molar-refractivity contribution in [1.82, 2.24) is 10.6 Å². The van der Waals surface area contributed by atoms with Crippen LogP contribution in [0.4, 0.5) is 11.4 Å². The highest BCUT2D eigenvalue weighted by molar-refractivity contribution is 5.98. The molecule has 0 bridgehead atoms. The van der Waals surface area contributed by atoms with Gasteiger partial charge >= 0.3 is 0 Å². The molecule has 37 heavy (non-hydrogen) atoms. The summed E-state index contributed by atoms with van der Waals surface area (Å²) in [5.41, 5.74) is 1.91. The zero-order valence-electron chi connectivity index (χ0n) is 21.4. The van der Waals surface area contributed by atoms with Crippen LogP contribution in [0.25, 0.3) is 0 Å². The van der Waals surface area contributed by atoms with Crippen molar-refractivity contribution in [3.05, 3.63) is 59.7 Å². The first kappa shape index (κ1) is 29.5. The Morgan fingerprint density at radius 3 is 1.49 bits per heavy atom. The fourth-order valence-corrected chi connectivity index (χ4v) is 3.37. The summed E-state index contributed by atoms with van der Waals surface area (Å²) in [5, 5.41) is 11.1. The van der Waals surface area contributed by atoms with Crippen LogP contribution in [0.1, 0.15) is 52.8 Å². The van der Waals surface area contributed by atoms with E-state index in [9.17, 15) is 19.2 Å². The molecule has 0 heterocycles. The van der Waals surface area contributed by atoms with E-state index in [0.29, 0.717) is 68.1 Å². The molecule has 2 rings (SSSR count). The van der Waals surface area contributed by atoms with Gasteiger partial charge in [-0.05, 0) is 55.7 Å². The molecule has 200 valence electrons. The summed E-state index contributed by atoms with van der Waals surface area (Å²) in [6.07, 6.45) is 2.05. The maximum Gasteiger partial charge on any atom is 0.251 e. The van der Waals surface area contributed by atoms with Crippen LogP contribution in [0, 0.1) is 0 Å². The minimum Gasteiger partial charge on any atom is -0.385 e. The van der Waals surface area contributed by atoms with Crippen molar-refractivity contribution < 1.29 is 28.7 Å². The predicted molar refractivity (Wildman–Crippen MR) is 142 cm³/mol. The van der Waals surface area contributed by atoms with E-state index >= 15 is 0 Å². The van der Waals surface area contributed by atoms with E-state index in [0.717, 1.165) is 0 Å². The van der Waals surface area contributed by atoms with Gasteiger partial charge in [-0.3, -0.25) is 19.2 Å². The SMILES string of the molecule is COCCCNC(=O)c1cccc(NC(=O)CCCC(=O)Nc2cccc(C(=O)NCCCOC)c2)c1. The van der Waals surface area contributed by atoms with Crippen LogP contribution in [0.3, 0.4) is 0 Å². The Morgan fingerprint density at radius 1 is 0.649 bits per heavy atom. The fraction of sp³-hybridized carbons (Fsp3) is 0.407. The molecule has 0 aromatic heterocycles. The molecule has 0 unspecified atom stereocenters. The van der Waals surface area contributed by atoms with E-state index in [1.165, 1.54) is 0 Å². The van der Waals surface area contributed by atoms with Crippen LogP contribution in [-0.2, 0) is 19.1 Å². The minimum atomic E-state index is -0.252. The quantitative estimate of drug-likeness (QED) is 0.256. The van der Waals surface area contributed by atoms with Gasteiger partial charge in [0.1, 0.15) is 0 Å². The number of carbonyl (C=O) groups is 4.